The van der Waals surface area contributed by atoms with Crippen LogP contribution in [0.1, 0.15) is 92.4 Å². The van der Waals surface area contributed by atoms with E-state index in [9.17, 15) is 0 Å². The van der Waals surface area contributed by atoms with E-state index in [-0.39, 0.29) is 3.23 Å². The highest BCUT2D eigenvalue weighted by Crippen LogP contribution is 2.45. The first-order valence-electron chi connectivity index (χ1n) is 8.67. The van der Waals surface area contributed by atoms with Crippen LogP contribution in [0.3, 0.4) is 0 Å². The minimum absolute atomic E-state index is 0.141. The van der Waals surface area contributed by atoms with Crippen LogP contribution in [-0.2, 0) is 0 Å². The molecule has 0 aromatic heterocycles. The van der Waals surface area contributed by atoms with Crippen LogP contribution >= 0.6 is 31.9 Å². The van der Waals surface area contributed by atoms with E-state index >= 15 is 0 Å². The van der Waals surface area contributed by atoms with E-state index in [0.29, 0.717) is 0 Å². The highest BCUT2D eigenvalue weighted by molar-refractivity contribution is 9.25. The maximum atomic E-state index is 3.99. The third kappa shape index (κ3) is 10.7. The van der Waals surface area contributed by atoms with Crippen molar-refractivity contribution >= 4 is 31.9 Å². The Morgan fingerprint density at radius 1 is 0.800 bits per heavy atom. The second-order valence-electron chi connectivity index (χ2n) is 7.24. The predicted octanol–water partition coefficient (Wildman–Crippen LogP) is 7.93. The molecule has 0 spiro atoms. The van der Waals surface area contributed by atoms with Crippen molar-refractivity contribution in [3.8, 4) is 0 Å². The molecular formula is C18H36Br2. The van der Waals surface area contributed by atoms with Gasteiger partial charge in [-0.2, -0.15) is 0 Å². The van der Waals surface area contributed by atoms with Crippen molar-refractivity contribution in [2.24, 2.45) is 17.8 Å². The van der Waals surface area contributed by atoms with Crippen LogP contribution < -0.4 is 0 Å². The van der Waals surface area contributed by atoms with Crippen LogP contribution in [0.5, 0.6) is 0 Å². The van der Waals surface area contributed by atoms with Crippen LogP contribution in [0.2, 0.25) is 0 Å². The van der Waals surface area contributed by atoms with Gasteiger partial charge in [-0.25, -0.2) is 0 Å². The van der Waals surface area contributed by atoms with Gasteiger partial charge in [0.2, 0.25) is 0 Å². The zero-order valence-corrected chi connectivity index (χ0v) is 17.5. The fraction of sp³-hybridized carbons (Fsp3) is 1.00. The molecule has 0 heterocycles. The van der Waals surface area contributed by atoms with Crippen molar-refractivity contribution < 1.29 is 0 Å². The Morgan fingerprint density at radius 3 is 1.85 bits per heavy atom. The topological polar surface area (TPSA) is 0 Å². The van der Waals surface area contributed by atoms with Gasteiger partial charge < -0.3 is 0 Å². The second kappa shape index (κ2) is 11.5. The fourth-order valence-electron chi connectivity index (χ4n) is 2.95. The van der Waals surface area contributed by atoms with Crippen LogP contribution in [-0.4, -0.2) is 3.23 Å². The highest BCUT2D eigenvalue weighted by atomic mass is 79.9. The molecule has 0 aliphatic carbocycles. The number of hydrogen-bond donors (Lipinski definition) is 0. The monoisotopic (exact) mass is 410 g/mol. The Balaban J connectivity index is 4.20. The maximum Gasteiger partial charge on any atom is 0.0836 e. The third-order valence-corrected chi connectivity index (χ3v) is 5.88. The second-order valence-corrected chi connectivity index (χ2v) is 11.1. The van der Waals surface area contributed by atoms with Gasteiger partial charge in [-0.05, 0) is 37.0 Å². The Bertz CT molecular complexity index is 221. The van der Waals surface area contributed by atoms with Gasteiger partial charge in [0.25, 0.3) is 0 Å². The average Bonchev–Trinajstić information content (AvgIpc) is 2.29. The number of unbranched alkanes of at least 4 members (excludes halogenated alkanes) is 5. The Morgan fingerprint density at radius 2 is 1.35 bits per heavy atom. The van der Waals surface area contributed by atoms with E-state index < -0.39 is 0 Å². The first-order chi connectivity index (χ1) is 9.29. The number of halogens is 2. The van der Waals surface area contributed by atoms with Crippen molar-refractivity contribution in [1.82, 2.24) is 0 Å². The van der Waals surface area contributed by atoms with E-state index in [2.05, 4.69) is 66.5 Å². The molecule has 0 saturated heterocycles. The number of rotatable bonds is 12. The summed E-state index contributed by atoms with van der Waals surface area (Å²) in [6.45, 7) is 11.6. The SMILES string of the molecule is CCCCCCCCC(CC(C)C)C(Br)(Br)CC(C)C. The molecule has 0 aliphatic rings. The van der Waals surface area contributed by atoms with E-state index in [0.717, 1.165) is 17.8 Å². The number of alkyl halides is 2. The lowest BCUT2D eigenvalue weighted by molar-refractivity contribution is 0.327. The molecule has 122 valence electrons. The first kappa shape index (κ1) is 21.0. The van der Waals surface area contributed by atoms with Crippen molar-refractivity contribution in [1.29, 1.82) is 0 Å². The summed E-state index contributed by atoms with van der Waals surface area (Å²) in [7, 11) is 0. The molecule has 20 heavy (non-hydrogen) atoms. The summed E-state index contributed by atoms with van der Waals surface area (Å²) in [6.07, 6.45) is 12.3. The zero-order valence-electron chi connectivity index (χ0n) is 14.4. The molecule has 0 rings (SSSR count). The van der Waals surface area contributed by atoms with E-state index in [1.54, 1.807) is 0 Å². The van der Waals surface area contributed by atoms with Crippen molar-refractivity contribution in [3.05, 3.63) is 0 Å². The molecule has 1 unspecified atom stereocenters. The smallest absolute Gasteiger partial charge is 0.0724 e. The van der Waals surface area contributed by atoms with E-state index in [4.69, 9.17) is 0 Å². The predicted molar refractivity (Wildman–Crippen MR) is 101 cm³/mol. The van der Waals surface area contributed by atoms with Gasteiger partial charge in [0.1, 0.15) is 0 Å². The van der Waals surface area contributed by atoms with Gasteiger partial charge in [0, 0.05) is 0 Å². The maximum absolute atomic E-state index is 3.99. The highest BCUT2D eigenvalue weighted by Gasteiger charge is 2.34. The molecule has 0 aromatic rings. The molecule has 0 nitrogen and oxygen atoms in total. The molecule has 0 N–H and O–H groups in total. The van der Waals surface area contributed by atoms with Crippen molar-refractivity contribution in [2.75, 3.05) is 0 Å². The lowest BCUT2D eigenvalue weighted by Crippen LogP contribution is -2.28. The van der Waals surface area contributed by atoms with Gasteiger partial charge in [0.05, 0.1) is 3.23 Å². The average molecular weight is 412 g/mol. The molecular weight excluding hydrogens is 376 g/mol. The molecule has 0 aliphatic heterocycles. The lowest BCUT2D eigenvalue weighted by Gasteiger charge is -2.33. The van der Waals surface area contributed by atoms with Crippen LogP contribution in [0.25, 0.3) is 0 Å². The standard InChI is InChI=1S/C18H36Br2/c1-6-7-8-9-10-11-12-17(13-15(2)3)18(19,20)14-16(4)5/h15-17H,6-14H2,1-5H3. The van der Waals surface area contributed by atoms with Crippen LogP contribution in [0.4, 0.5) is 0 Å². The van der Waals surface area contributed by atoms with Crippen molar-refractivity contribution in [2.45, 2.75) is 95.6 Å². The van der Waals surface area contributed by atoms with Gasteiger partial charge in [0.15, 0.2) is 0 Å². The molecule has 0 aromatic carbocycles. The van der Waals surface area contributed by atoms with Gasteiger partial charge in [-0.1, -0.05) is 105 Å². The largest absolute Gasteiger partial charge is 0.0836 e. The molecule has 0 amide bonds. The van der Waals surface area contributed by atoms with E-state index in [1.807, 2.05) is 0 Å². The summed E-state index contributed by atoms with van der Waals surface area (Å²) in [4.78, 5) is 0. The van der Waals surface area contributed by atoms with E-state index in [1.165, 1.54) is 57.8 Å². The van der Waals surface area contributed by atoms with Crippen LogP contribution in [0.15, 0.2) is 0 Å². The summed E-state index contributed by atoms with van der Waals surface area (Å²) in [5.41, 5.74) is 0. The Hall–Kier alpha value is 0.960. The molecule has 0 saturated carbocycles. The normalized spacial score (nSPS) is 14.2. The summed E-state index contributed by atoms with van der Waals surface area (Å²) >= 11 is 7.98. The molecule has 1 atom stereocenters. The zero-order chi connectivity index (χ0) is 15.6. The number of hydrogen-bond acceptors (Lipinski definition) is 0. The summed E-state index contributed by atoms with van der Waals surface area (Å²) < 4.78 is 0.141. The molecule has 2 heteroatoms. The molecule has 0 radical (unpaired) electrons. The first-order valence-corrected chi connectivity index (χ1v) is 10.3. The molecule has 0 fully saturated rings. The summed E-state index contributed by atoms with van der Waals surface area (Å²) in [5.74, 6) is 2.26. The minimum Gasteiger partial charge on any atom is -0.0724 e. The Labute approximate surface area is 145 Å². The Kier molecular flexibility index (Phi) is 12.1. The van der Waals surface area contributed by atoms with Gasteiger partial charge >= 0.3 is 0 Å². The summed E-state index contributed by atoms with van der Waals surface area (Å²) in [6, 6.07) is 0. The lowest BCUT2D eigenvalue weighted by atomic mass is 9.86. The third-order valence-electron chi connectivity index (χ3n) is 3.94. The molecule has 0 bridgehead atoms. The van der Waals surface area contributed by atoms with Crippen molar-refractivity contribution in [3.63, 3.8) is 0 Å². The van der Waals surface area contributed by atoms with Crippen LogP contribution in [0, 0.1) is 17.8 Å². The van der Waals surface area contributed by atoms with Gasteiger partial charge in [-0.15, -0.1) is 0 Å². The fourth-order valence-corrected chi connectivity index (χ4v) is 5.08. The minimum atomic E-state index is 0.141. The summed E-state index contributed by atoms with van der Waals surface area (Å²) in [5, 5.41) is 0. The van der Waals surface area contributed by atoms with Gasteiger partial charge in [-0.3, -0.25) is 0 Å². The quantitative estimate of drug-likeness (QED) is 0.226.